The molecule has 0 aromatic heterocycles. The molecule has 0 atom stereocenters. The molecule has 3 aromatic rings. The van der Waals surface area contributed by atoms with Gasteiger partial charge in [0, 0.05) is 18.0 Å². The first-order valence-electron chi connectivity index (χ1n) is 8.90. The van der Waals surface area contributed by atoms with E-state index in [2.05, 4.69) is 5.32 Å². The Morgan fingerprint density at radius 2 is 1.32 bits per heavy atom. The molecule has 28 heavy (non-hydrogen) atoms. The van der Waals surface area contributed by atoms with E-state index in [-0.39, 0.29) is 17.6 Å². The number of hydrogen-bond donors (Lipinski definition) is 2. The lowest BCUT2D eigenvalue weighted by molar-refractivity contribution is -0.116. The normalized spacial score (nSPS) is 11.4. The van der Waals surface area contributed by atoms with Crippen molar-refractivity contribution in [2.45, 2.75) is 18.1 Å². The van der Waals surface area contributed by atoms with E-state index in [1.165, 1.54) is 0 Å². The zero-order valence-electron chi connectivity index (χ0n) is 15.3. The van der Waals surface area contributed by atoms with Crippen molar-refractivity contribution >= 4 is 21.6 Å². The van der Waals surface area contributed by atoms with Crippen molar-refractivity contribution in [3.05, 3.63) is 102 Å². The van der Waals surface area contributed by atoms with Crippen molar-refractivity contribution in [3.8, 4) is 0 Å². The molecule has 0 saturated heterocycles. The van der Waals surface area contributed by atoms with E-state index in [4.69, 9.17) is 5.14 Å². The predicted octanol–water partition coefficient (Wildman–Crippen LogP) is 3.64. The summed E-state index contributed by atoms with van der Waals surface area (Å²) in [6, 6.07) is 26.5. The van der Waals surface area contributed by atoms with Crippen molar-refractivity contribution < 1.29 is 13.2 Å². The second-order valence-corrected chi connectivity index (χ2v) is 8.24. The first-order valence-corrected chi connectivity index (χ1v) is 10.6. The third-order valence-corrected chi connectivity index (χ3v) is 5.13. The minimum atomic E-state index is -3.58. The fourth-order valence-corrected chi connectivity index (χ4v) is 3.77. The summed E-state index contributed by atoms with van der Waals surface area (Å²) >= 11 is 0. The van der Waals surface area contributed by atoms with Gasteiger partial charge in [-0.15, -0.1) is 0 Å². The maximum atomic E-state index is 12.7. The molecule has 3 aromatic carbocycles. The zero-order chi connectivity index (χ0) is 20.0. The second kappa shape index (κ2) is 8.82. The maximum Gasteiger partial charge on any atom is 0.225 e. The second-order valence-electron chi connectivity index (χ2n) is 6.63. The number of sulfonamides is 1. The average Bonchev–Trinajstić information content (AvgIpc) is 2.68. The highest BCUT2D eigenvalue weighted by Crippen LogP contribution is 2.28. The van der Waals surface area contributed by atoms with Gasteiger partial charge in [-0.1, -0.05) is 72.8 Å². The van der Waals surface area contributed by atoms with Crippen molar-refractivity contribution in [1.29, 1.82) is 0 Å². The number of anilines is 1. The number of carbonyl (C=O) groups excluding carboxylic acids is 1. The van der Waals surface area contributed by atoms with E-state index in [9.17, 15) is 13.2 Å². The van der Waals surface area contributed by atoms with Crippen LogP contribution in [0.25, 0.3) is 0 Å². The van der Waals surface area contributed by atoms with Gasteiger partial charge in [-0.05, 0) is 28.8 Å². The third kappa shape index (κ3) is 5.77. The van der Waals surface area contributed by atoms with Gasteiger partial charge in [-0.2, -0.15) is 0 Å². The number of hydrogen-bond acceptors (Lipinski definition) is 3. The van der Waals surface area contributed by atoms with Crippen LogP contribution in [0.2, 0.25) is 0 Å². The van der Waals surface area contributed by atoms with Gasteiger partial charge in [-0.25, -0.2) is 13.6 Å². The summed E-state index contributed by atoms with van der Waals surface area (Å²) in [5.74, 6) is -0.397. The quantitative estimate of drug-likeness (QED) is 0.641. The topological polar surface area (TPSA) is 89.3 Å². The Labute approximate surface area is 165 Å². The fraction of sp³-hybridized carbons (Fsp3) is 0.136. The molecule has 6 heteroatoms. The Kier molecular flexibility index (Phi) is 6.23. The molecule has 0 heterocycles. The van der Waals surface area contributed by atoms with E-state index < -0.39 is 10.0 Å². The summed E-state index contributed by atoms with van der Waals surface area (Å²) in [6.07, 6.45) is 0.299. The zero-order valence-corrected chi connectivity index (χ0v) is 16.1. The predicted molar refractivity (Wildman–Crippen MR) is 111 cm³/mol. The first-order chi connectivity index (χ1) is 13.4. The Balaban J connectivity index is 1.72. The van der Waals surface area contributed by atoms with Crippen molar-refractivity contribution in [2.75, 3.05) is 5.32 Å². The van der Waals surface area contributed by atoms with E-state index in [1.807, 2.05) is 60.7 Å². The molecular formula is C22H22N2O3S. The SMILES string of the molecule is NS(=O)(=O)Cc1ccc(NC(=O)CC(c2ccccc2)c2ccccc2)cc1. The average molecular weight is 394 g/mol. The van der Waals surface area contributed by atoms with Crippen LogP contribution in [0.4, 0.5) is 5.69 Å². The van der Waals surface area contributed by atoms with Gasteiger partial charge in [0.15, 0.2) is 0 Å². The minimum Gasteiger partial charge on any atom is -0.326 e. The summed E-state index contributed by atoms with van der Waals surface area (Å²) in [5, 5.41) is 7.94. The summed E-state index contributed by atoms with van der Waals surface area (Å²) in [6.45, 7) is 0. The molecule has 0 spiro atoms. The highest BCUT2D eigenvalue weighted by Gasteiger charge is 2.18. The highest BCUT2D eigenvalue weighted by atomic mass is 32.2. The molecule has 5 nitrogen and oxygen atoms in total. The smallest absolute Gasteiger partial charge is 0.225 e. The lowest BCUT2D eigenvalue weighted by atomic mass is 9.88. The van der Waals surface area contributed by atoms with Crippen LogP contribution in [-0.2, 0) is 20.6 Å². The van der Waals surface area contributed by atoms with E-state index >= 15 is 0 Å². The van der Waals surface area contributed by atoms with Gasteiger partial charge in [0.25, 0.3) is 0 Å². The first kappa shape index (κ1) is 19.8. The Bertz CT molecular complexity index is 979. The van der Waals surface area contributed by atoms with E-state index in [0.29, 0.717) is 17.7 Å². The van der Waals surface area contributed by atoms with Crippen LogP contribution < -0.4 is 10.5 Å². The molecule has 0 radical (unpaired) electrons. The summed E-state index contributed by atoms with van der Waals surface area (Å²) in [4.78, 5) is 12.7. The number of nitrogens with two attached hydrogens (primary N) is 1. The number of benzene rings is 3. The molecule has 3 N–H and O–H groups in total. The molecular weight excluding hydrogens is 372 g/mol. The Morgan fingerprint density at radius 3 is 1.79 bits per heavy atom. The van der Waals surface area contributed by atoms with Crippen molar-refractivity contribution in [1.82, 2.24) is 0 Å². The maximum absolute atomic E-state index is 12.7. The number of primary sulfonamides is 1. The Morgan fingerprint density at radius 1 is 0.821 bits per heavy atom. The molecule has 0 fully saturated rings. The van der Waals surface area contributed by atoms with Gasteiger partial charge in [0.2, 0.25) is 15.9 Å². The molecule has 1 amide bonds. The van der Waals surface area contributed by atoms with Crippen molar-refractivity contribution in [3.63, 3.8) is 0 Å². The van der Waals surface area contributed by atoms with Gasteiger partial charge < -0.3 is 5.32 Å². The minimum absolute atomic E-state index is 0.0518. The molecule has 0 unspecified atom stereocenters. The number of carbonyl (C=O) groups is 1. The van der Waals surface area contributed by atoms with E-state index in [1.54, 1.807) is 24.3 Å². The van der Waals surface area contributed by atoms with Crippen LogP contribution in [-0.4, -0.2) is 14.3 Å². The van der Waals surface area contributed by atoms with Crippen LogP contribution in [0.15, 0.2) is 84.9 Å². The van der Waals surface area contributed by atoms with Gasteiger partial charge >= 0.3 is 0 Å². The van der Waals surface area contributed by atoms with Crippen molar-refractivity contribution in [2.24, 2.45) is 5.14 Å². The molecule has 0 saturated carbocycles. The fourth-order valence-electron chi connectivity index (χ4n) is 3.11. The number of rotatable bonds is 7. The van der Waals surface area contributed by atoms with Gasteiger partial charge in [0.05, 0.1) is 5.75 Å². The van der Waals surface area contributed by atoms with Crippen LogP contribution >= 0.6 is 0 Å². The van der Waals surface area contributed by atoms with Gasteiger partial charge in [-0.3, -0.25) is 4.79 Å². The molecule has 3 rings (SSSR count). The van der Waals surface area contributed by atoms with Crippen LogP contribution in [0, 0.1) is 0 Å². The largest absolute Gasteiger partial charge is 0.326 e. The molecule has 0 bridgehead atoms. The molecule has 0 aliphatic rings. The molecule has 0 aliphatic heterocycles. The summed E-state index contributed by atoms with van der Waals surface area (Å²) in [5.41, 5.74) is 3.34. The van der Waals surface area contributed by atoms with Crippen LogP contribution in [0.1, 0.15) is 29.0 Å². The molecule has 0 aliphatic carbocycles. The monoisotopic (exact) mass is 394 g/mol. The third-order valence-electron chi connectivity index (χ3n) is 4.40. The number of nitrogens with one attached hydrogen (secondary N) is 1. The van der Waals surface area contributed by atoms with Gasteiger partial charge in [0.1, 0.15) is 0 Å². The summed E-state index contributed by atoms with van der Waals surface area (Å²) in [7, 11) is -3.58. The summed E-state index contributed by atoms with van der Waals surface area (Å²) < 4.78 is 22.3. The lowest BCUT2D eigenvalue weighted by Gasteiger charge is -2.18. The molecule has 144 valence electrons. The highest BCUT2D eigenvalue weighted by molar-refractivity contribution is 7.88. The van der Waals surface area contributed by atoms with E-state index in [0.717, 1.165) is 11.1 Å². The standard InChI is InChI=1S/C22H22N2O3S/c23-28(26,27)16-17-11-13-20(14-12-17)24-22(25)15-21(18-7-3-1-4-8-18)19-9-5-2-6-10-19/h1-14,21H,15-16H2,(H,24,25)(H2,23,26,27). The number of amides is 1. The van der Waals surface area contributed by atoms with Crippen LogP contribution in [0.3, 0.4) is 0 Å². The lowest BCUT2D eigenvalue weighted by Crippen LogP contribution is -2.17. The van der Waals surface area contributed by atoms with Crippen LogP contribution in [0.5, 0.6) is 0 Å². The Hall–Kier alpha value is -2.96.